The van der Waals surface area contributed by atoms with Crippen LogP contribution in [0.1, 0.15) is 21.5 Å². The average Bonchev–Trinajstić information content (AvgIpc) is 2.52. The summed E-state index contributed by atoms with van der Waals surface area (Å²) in [5.74, 6) is 0.301. The van der Waals surface area contributed by atoms with Gasteiger partial charge < -0.3 is 9.47 Å². The molecule has 2 aromatic rings. The molecule has 0 spiro atoms. The Morgan fingerprint density at radius 3 is 2.73 bits per heavy atom. The van der Waals surface area contributed by atoms with Crippen molar-refractivity contribution in [2.75, 3.05) is 6.61 Å². The molecule has 0 radical (unpaired) electrons. The third kappa shape index (κ3) is 4.21. The number of aryl methyl sites for hydroxylation is 1. The molecule has 0 N–H and O–H groups in total. The van der Waals surface area contributed by atoms with Gasteiger partial charge in [0.05, 0.1) is 10.0 Å². The molecule has 0 atom stereocenters. The maximum absolute atomic E-state index is 11.8. The van der Waals surface area contributed by atoms with Gasteiger partial charge in [-0.2, -0.15) is 0 Å². The highest BCUT2D eigenvalue weighted by Gasteiger charge is 2.10. The Balaban J connectivity index is 2.05. The van der Waals surface area contributed by atoms with Gasteiger partial charge in [0.15, 0.2) is 0 Å². The van der Waals surface area contributed by atoms with Crippen molar-refractivity contribution >= 4 is 21.9 Å². The summed E-state index contributed by atoms with van der Waals surface area (Å²) >= 11 is 3.42. The molecule has 0 aliphatic heterocycles. The summed E-state index contributed by atoms with van der Waals surface area (Å²) in [7, 11) is 0. The average molecular weight is 361 g/mol. The predicted octanol–water partition coefficient (Wildman–Crippen LogP) is 4.68. The molecule has 3 nitrogen and oxygen atoms in total. The first kappa shape index (κ1) is 16.3. The fourth-order valence-corrected chi connectivity index (χ4v) is 2.38. The van der Waals surface area contributed by atoms with Crippen molar-refractivity contribution in [1.82, 2.24) is 0 Å². The smallest absolute Gasteiger partial charge is 0.338 e. The van der Waals surface area contributed by atoms with E-state index in [1.807, 2.05) is 31.2 Å². The van der Waals surface area contributed by atoms with Gasteiger partial charge in [-0.3, -0.25) is 0 Å². The Morgan fingerprint density at radius 2 is 2.05 bits per heavy atom. The first-order valence-electron chi connectivity index (χ1n) is 6.86. The lowest BCUT2D eigenvalue weighted by Gasteiger charge is -2.11. The number of carbonyl (C=O) groups excluding carboxylic acids is 1. The van der Waals surface area contributed by atoms with E-state index in [-0.39, 0.29) is 12.6 Å². The van der Waals surface area contributed by atoms with E-state index in [0.717, 1.165) is 5.56 Å². The first-order chi connectivity index (χ1) is 10.6. The minimum Gasteiger partial charge on any atom is -0.488 e. The summed E-state index contributed by atoms with van der Waals surface area (Å²) < 4.78 is 11.5. The van der Waals surface area contributed by atoms with Crippen LogP contribution in [0.2, 0.25) is 0 Å². The molecule has 2 rings (SSSR count). The minimum atomic E-state index is -0.383. The van der Waals surface area contributed by atoms with Gasteiger partial charge >= 0.3 is 5.97 Å². The van der Waals surface area contributed by atoms with Crippen molar-refractivity contribution in [1.29, 1.82) is 0 Å². The fraction of sp³-hybridized carbons (Fsp3) is 0.167. The summed E-state index contributed by atoms with van der Waals surface area (Å²) in [6.07, 6.45) is 1.53. The molecule has 0 aliphatic carbocycles. The van der Waals surface area contributed by atoms with Gasteiger partial charge in [-0.1, -0.05) is 36.9 Å². The van der Waals surface area contributed by atoms with Gasteiger partial charge in [-0.25, -0.2) is 4.79 Å². The van der Waals surface area contributed by atoms with Gasteiger partial charge in [0.2, 0.25) is 0 Å². The van der Waals surface area contributed by atoms with Gasteiger partial charge in [0, 0.05) is 0 Å². The molecule has 114 valence electrons. The Hall–Kier alpha value is -2.07. The van der Waals surface area contributed by atoms with Crippen molar-refractivity contribution in [3.8, 4) is 5.75 Å². The Labute approximate surface area is 138 Å². The highest BCUT2D eigenvalue weighted by atomic mass is 79.9. The SMILES string of the molecule is C=CCOC(=O)c1ccc(OCc2ccccc2C)c(Br)c1. The van der Waals surface area contributed by atoms with Crippen molar-refractivity contribution in [3.05, 3.63) is 76.3 Å². The molecular formula is C18H17BrO3. The van der Waals surface area contributed by atoms with Crippen LogP contribution in [0.4, 0.5) is 0 Å². The van der Waals surface area contributed by atoms with Crippen molar-refractivity contribution < 1.29 is 14.3 Å². The summed E-state index contributed by atoms with van der Waals surface area (Å²) in [5.41, 5.74) is 2.78. The number of esters is 1. The third-order valence-corrected chi connectivity index (χ3v) is 3.76. The number of carbonyl (C=O) groups is 1. The number of rotatable bonds is 6. The normalized spacial score (nSPS) is 10.1. The molecule has 0 aliphatic rings. The highest BCUT2D eigenvalue weighted by molar-refractivity contribution is 9.10. The summed E-state index contributed by atoms with van der Waals surface area (Å²) in [6.45, 7) is 6.23. The van der Waals surface area contributed by atoms with Crippen LogP contribution in [0, 0.1) is 6.92 Å². The second-order valence-corrected chi connectivity index (χ2v) is 5.60. The number of hydrogen-bond acceptors (Lipinski definition) is 3. The summed E-state index contributed by atoms with van der Waals surface area (Å²) in [6, 6.07) is 13.2. The molecule has 4 heteroatoms. The molecule has 0 heterocycles. The second kappa shape index (κ2) is 7.80. The van der Waals surface area contributed by atoms with Crippen molar-refractivity contribution in [2.45, 2.75) is 13.5 Å². The molecular weight excluding hydrogens is 344 g/mol. The van der Waals surface area contributed by atoms with E-state index >= 15 is 0 Å². The summed E-state index contributed by atoms with van der Waals surface area (Å²) in [4.78, 5) is 11.8. The molecule has 0 saturated carbocycles. The third-order valence-electron chi connectivity index (χ3n) is 3.14. The second-order valence-electron chi connectivity index (χ2n) is 4.75. The van der Waals surface area contributed by atoms with Gasteiger partial charge in [0.1, 0.15) is 19.0 Å². The lowest BCUT2D eigenvalue weighted by Crippen LogP contribution is -2.05. The Bertz CT molecular complexity index is 680. The molecule has 0 fully saturated rings. The molecule has 0 unspecified atom stereocenters. The number of benzene rings is 2. The molecule has 0 amide bonds. The lowest BCUT2D eigenvalue weighted by molar-refractivity contribution is 0.0549. The largest absolute Gasteiger partial charge is 0.488 e. The van der Waals surface area contributed by atoms with E-state index in [9.17, 15) is 4.79 Å². The molecule has 22 heavy (non-hydrogen) atoms. The van der Waals surface area contributed by atoms with E-state index in [1.54, 1.807) is 18.2 Å². The Morgan fingerprint density at radius 1 is 1.27 bits per heavy atom. The van der Waals surface area contributed by atoms with E-state index in [1.165, 1.54) is 11.6 Å². The minimum absolute atomic E-state index is 0.196. The maximum Gasteiger partial charge on any atom is 0.338 e. The standard InChI is InChI=1S/C18H17BrO3/c1-3-10-21-18(20)14-8-9-17(16(19)11-14)22-12-15-7-5-4-6-13(15)2/h3-9,11H,1,10,12H2,2H3. The maximum atomic E-state index is 11.8. The number of ether oxygens (including phenoxy) is 2. The quantitative estimate of drug-likeness (QED) is 0.554. The topological polar surface area (TPSA) is 35.5 Å². The van der Waals surface area contributed by atoms with Crippen LogP contribution < -0.4 is 4.74 Å². The van der Waals surface area contributed by atoms with Gasteiger partial charge in [0.25, 0.3) is 0 Å². The van der Waals surface area contributed by atoms with E-state index in [0.29, 0.717) is 22.4 Å². The zero-order chi connectivity index (χ0) is 15.9. The summed E-state index contributed by atoms with van der Waals surface area (Å²) in [5, 5.41) is 0. The Kier molecular flexibility index (Phi) is 5.78. The van der Waals surface area contributed by atoms with E-state index < -0.39 is 0 Å². The molecule has 2 aromatic carbocycles. The van der Waals surface area contributed by atoms with Crippen LogP contribution in [-0.4, -0.2) is 12.6 Å². The van der Waals surface area contributed by atoms with Crippen molar-refractivity contribution in [2.24, 2.45) is 0 Å². The van der Waals surface area contributed by atoms with Crippen LogP contribution in [0.15, 0.2) is 59.6 Å². The number of hydrogen-bond donors (Lipinski definition) is 0. The predicted molar refractivity (Wildman–Crippen MR) is 90.1 cm³/mol. The van der Waals surface area contributed by atoms with Crippen LogP contribution in [0.5, 0.6) is 5.75 Å². The lowest BCUT2D eigenvalue weighted by atomic mass is 10.1. The van der Waals surface area contributed by atoms with Crippen LogP contribution in [0.25, 0.3) is 0 Å². The van der Waals surface area contributed by atoms with Crippen LogP contribution >= 0.6 is 15.9 Å². The van der Waals surface area contributed by atoms with Crippen LogP contribution in [0.3, 0.4) is 0 Å². The van der Waals surface area contributed by atoms with Gasteiger partial charge in [-0.05, 0) is 52.2 Å². The van der Waals surface area contributed by atoms with Crippen LogP contribution in [-0.2, 0) is 11.3 Å². The van der Waals surface area contributed by atoms with E-state index in [4.69, 9.17) is 9.47 Å². The first-order valence-corrected chi connectivity index (χ1v) is 7.66. The monoisotopic (exact) mass is 360 g/mol. The highest BCUT2D eigenvalue weighted by Crippen LogP contribution is 2.27. The van der Waals surface area contributed by atoms with Gasteiger partial charge in [-0.15, -0.1) is 0 Å². The molecule has 0 aromatic heterocycles. The van der Waals surface area contributed by atoms with Crippen molar-refractivity contribution in [3.63, 3.8) is 0 Å². The number of halogens is 1. The molecule has 0 bridgehead atoms. The fourth-order valence-electron chi connectivity index (χ4n) is 1.89. The zero-order valence-electron chi connectivity index (χ0n) is 12.3. The molecule has 0 saturated heterocycles. The van der Waals surface area contributed by atoms with E-state index in [2.05, 4.69) is 22.5 Å². The zero-order valence-corrected chi connectivity index (χ0v) is 13.9.